The van der Waals surface area contributed by atoms with Crippen LogP contribution in [-0.4, -0.2) is 11.2 Å². The first kappa shape index (κ1) is 13.0. The Labute approximate surface area is 110 Å². The molecule has 0 bridgehead atoms. The van der Waals surface area contributed by atoms with Crippen molar-refractivity contribution in [2.24, 2.45) is 0 Å². The quantitative estimate of drug-likeness (QED) is 0.476. The van der Waals surface area contributed by atoms with Crippen molar-refractivity contribution < 1.29 is 9.72 Å². The first-order valence-electron chi connectivity index (χ1n) is 5.98. The van der Waals surface area contributed by atoms with Crippen LogP contribution in [0.2, 0.25) is 0 Å². The molecule has 2 rings (SSSR count). The van der Waals surface area contributed by atoms with E-state index >= 15 is 0 Å². The fourth-order valence-electron chi connectivity index (χ4n) is 1.94. The standard InChI is InChI=1S/C15H13NO3/c1-2-11-3-6-13(7-4-11)14-8-5-12(10-17)9-15(14)16(18)19/h3-10H,2H2,1H3. The van der Waals surface area contributed by atoms with Crippen molar-refractivity contribution >= 4 is 12.0 Å². The fraction of sp³-hybridized carbons (Fsp3) is 0.133. The van der Waals surface area contributed by atoms with E-state index in [9.17, 15) is 14.9 Å². The van der Waals surface area contributed by atoms with E-state index < -0.39 is 4.92 Å². The largest absolute Gasteiger partial charge is 0.298 e. The van der Waals surface area contributed by atoms with Crippen LogP contribution in [0.4, 0.5) is 5.69 Å². The predicted octanol–water partition coefficient (Wildman–Crippen LogP) is 3.64. The van der Waals surface area contributed by atoms with Gasteiger partial charge in [-0.3, -0.25) is 14.9 Å². The normalized spacial score (nSPS) is 10.2. The van der Waals surface area contributed by atoms with Gasteiger partial charge in [-0.25, -0.2) is 0 Å². The molecule has 0 N–H and O–H groups in total. The van der Waals surface area contributed by atoms with E-state index in [1.807, 2.05) is 24.3 Å². The number of hydrogen-bond acceptors (Lipinski definition) is 3. The first-order chi connectivity index (χ1) is 9.15. The van der Waals surface area contributed by atoms with Gasteiger partial charge in [-0.1, -0.05) is 37.3 Å². The highest BCUT2D eigenvalue weighted by molar-refractivity contribution is 5.82. The molecule has 0 aliphatic carbocycles. The molecule has 0 spiro atoms. The van der Waals surface area contributed by atoms with Crippen LogP contribution in [0.5, 0.6) is 0 Å². The molecule has 2 aromatic rings. The molecule has 2 aromatic carbocycles. The van der Waals surface area contributed by atoms with Crippen molar-refractivity contribution in [2.75, 3.05) is 0 Å². The Morgan fingerprint density at radius 3 is 2.37 bits per heavy atom. The maximum absolute atomic E-state index is 11.1. The van der Waals surface area contributed by atoms with Gasteiger partial charge < -0.3 is 0 Å². The van der Waals surface area contributed by atoms with Gasteiger partial charge in [0, 0.05) is 11.6 Å². The minimum absolute atomic E-state index is 0.0474. The van der Waals surface area contributed by atoms with Crippen LogP contribution < -0.4 is 0 Å². The van der Waals surface area contributed by atoms with Crippen LogP contribution in [0.3, 0.4) is 0 Å². The number of nitro groups is 1. The van der Waals surface area contributed by atoms with Crippen LogP contribution in [0.1, 0.15) is 22.8 Å². The lowest BCUT2D eigenvalue weighted by Gasteiger charge is -2.05. The third kappa shape index (κ3) is 2.68. The van der Waals surface area contributed by atoms with E-state index in [2.05, 4.69) is 6.92 Å². The Bertz CT molecular complexity index is 618. The Hall–Kier alpha value is -2.49. The number of rotatable bonds is 4. The van der Waals surface area contributed by atoms with Crippen molar-refractivity contribution in [3.8, 4) is 11.1 Å². The second-order valence-electron chi connectivity index (χ2n) is 4.20. The summed E-state index contributed by atoms with van der Waals surface area (Å²) in [6.07, 6.45) is 1.53. The summed E-state index contributed by atoms with van der Waals surface area (Å²) in [4.78, 5) is 21.3. The number of nitro benzene ring substituents is 1. The second-order valence-corrected chi connectivity index (χ2v) is 4.20. The SMILES string of the molecule is CCc1ccc(-c2ccc(C=O)cc2[N+](=O)[O-])cc1. The van der Waals surface area contributed by atoms with Gasteiger partial charge in [0.2, 0.25) is 0 Å². The average Bonchev–Trinajstić information content (AvgIpc) is 2.46. The topological polar surface area (TPSA) is 60.2 Å². The van der Waals surface area contributed by atoms with Crippen LogP contribution in [-0.2, 0) is 6.42 Å². The van der Waals surface area contributed by atoms with Crippen molar-refractivity contribution in [1.29, 1.82) is 0 Å². The number of carbonyl (C=O) groups excluding carboxylic acids is 1. The third-order valence-corrected chi connectivity index (χ3v) is 3.03. The fourth-order valence-corrected chi connectivity index (χ4v) is 1.94. The predicted molar refractivity (Wildman–Crippen MR) is 73.3 cm³/mol. The zero-order valence-corrected chi connectivity index (χ0v) is 10.5. The highest BCUT2D eigenvalue weighted by atomic mass is 16.6. The van der Waals surface area contributed by atoms with Gasteiger partial charge in [0.05, 0.1) is 10.5 Å². The van der Waals surface area contributed by atoms with Gasteiger partial charge in [0.15, 0.2) is 0 Å². The number of carbonyl (C=O) groups is 1. The van der Waals surface area contributed by atoms with Gasteiger partial charge >= 0.3 is 0 Å². The zero-order chi connectivity index (χ0) is 13.8. The number of nitrogens with zero attached hydrogens (tertiary/aromatic N) is 1. The lowest BCUT2D eigenvalue weighted by molar-refractivity contribution is -0.384. The summed E-state index contributed by atoms with van der Waals surface area (Å²) in [7, 11) is 0. The molecule has 0 heterocycles. The smallest absolute Gasteiger partial charge is 0.277 e. The van der Waals surface area contributed by atoms with Crippen molar-refractivity contribution in [1.82, 2.24) is 0 Å². The highest BCUT2D eigenvalue weighted by Gasteiger charge is 2.15. The van der Waals surface area contributed by atoms with Crippen LogP contribution in [0.15, 0.2) is 42.5 Å². The summed E-state index contributed by atoms with van der Waals surface area (Å²) < 4.78 is 0. The molecule has 0 unspecified atom stereocenters. The molecule has 0 atom stereocenters. The van der Waals surface area contributed by atoms with E-state index in [4.69, 9.17) is 0 Å². The van der Waals surface area contributed by atoms with Gasteiger partial charge in [0.25, 0.3) is 5.69 Å². The molecule has 0 amide bonds. The number of benzene rings is 2. The molecule has 4 heteroatoms. The number of aldehydes is 1. The van der Waals surface area contributed by atoms with Crippen LogP contribution in [0.25, 0.3) is 11.1 Å². The van der Waals surface area contributed by atoms with Gasteiger partial charge in [-0.15, -0.1) is 0 Å². The van der Waals surface area contributed by atoms with Gasteiger partial charge in [-0.2, -0.15) is 0 Å². The summed E-state index contributed by atoms with van der Waals surface area (Å²) in [6.45, 7) is 2.05. The van der Waals surface area contributed by atoms with Crippen LogP contribution >= 0.6 is 0 Å². The lowest BCUT2D eigenvalue weighted by Crippen LogP contribution is -1.94. The first-order valence-corrected chi connectivity index (χ1v) is 5.98. The van der Waals surface area contributed by atoms with Crippen LogP contribution in [0, 0.1) is 10.1 Å². The number of aryl methyl sites for hydroxylation is 1. The summed E-state index contributed by atoms with van der Waals surface area (Å²) in [5.74, 6) is 0. The van der Waals surface area contributed by atoms with E-state index in [1.54, 1.807) is 12.1 Å². The summed E-state index contributed by atoms with van der Waals surface area (Å²) in [6, 6.07) is 12.1. The maximum Gasteiger partial charge on any atom is 0.277 e. The van der Waals surface area contributed by atoms with E-state index in [0.29, 0.717) is 17.4 Å². The average molecular weight is 255 g/mol. The maximum atomic E-state index is 11.1. The van der Waals surface area contributed by atoms with E-state index in [-0.39, 0.29) is 5.69 Å². The van der Waals surface area contributed by atoms with Gasteiger partial charge in [0.1, 0.15) is 6.29 Å². The summed E-state index contributed by atoms with van der Waals surface area (Å²) in [5, 5.41) is 11.1. The molecular formula is C15H13NO3. The minimum Gasteiger partial charge on any atom is -0.298 e. The zero-order valence-electron chi connectivity index (χ0n) is 10.5. The molecule has 19 heavy (non-hydrogen) atoms. The molecule has 0 saturated carbocycles. The molecule has 0 aliphatic heterocycles. The Balaban J connectivity index is 2.53. The Kier molecular flexibility index (Phi) is 3.71. The molecule has 0 aliphatic rings. The molecule has 96 valence electrons. The molecule has 0 aromatic heterocycles. The monoisotopic (exact) mass is 255 g/mol. The Morgan fingerprint density at radius 1 is 1.16 bits per heavy atom. The summed E-state index contributed by atoms with van der Waals surface area (Å²) in [5.41, 5.74) is 2.74. The number of hydrogen-bond donors (Lipinski definition) is 0. The molecule has 4 nitrogen and oxygen atoms in total. The minimum atomic E-state index is -0.462. The Morgan fingerprint density at radius 2 is 1.84 bits per heavy atom. The molecular weight excluding hydrogens is 242 g/mol. The van der Waals surface area contributed by atoms with Crippen molar-refractivity contribution in [2.45, 2.75) is 13.3 Å². The highest BCUT2D eigenvalue weighted by Crippen LogP contribution is 2.30. The van der Waals surface area contributed by atoms with E-state index in [1.165, 1.54) is 11.6 Å². The lowest BCUT2D eigenvalue weighted by atomic mass is 10.00. The third-order valence-electron chi connectivity index (χ3n) is 3.03. The molecule has 0 saturated heterocycles. The summed E-state index contributed by atoms with van der Waals surface area (Å²) >= 11 is 0. The van der Waals surface area contributed by atoms with Gasteiger partial charge in [-0.05, 0) is 23.6 Å². The van der Waals surface area contributed by atoms with Crippen molar-refractivity contribution in [3.05, 3.63) is 63.7 Å². The molecule has 0 radical (unpaired) electrons. The van der Waals surface area contributed by atoms with Crippen molar-refractivity contribution in [3.63, 3.8) is 0 Å². The molecule has 0 fully saturated rings. The van der Waals surface area contributed by atoms with E-state index in [0.717, 1.165) is 12.0 Å². The second kappa shape index (κ2) is 5.44.